The fourth-order valence-electron chi connectivity index (χ4n) is 11.0. The molecule has 35 heavy (non-hydrogen) atoms. The molecular weight excluding hydrogens is 440 g/mol. The van der Waals surface area contributed by atoms with Gasteiger partial charge in [-0.1, -0.05) is 53.2 Å². The Bertz CT molecular complexity index is 952. The quantitative estimate of drug-likeness (QED) is 0.382. The van der Waals surface area contributed by atoms with Gasteiger partial charge in [0.1, 0.15) is 0 Å². The Morgan fingerprint density at radius 1 is 0.971 bits per heavy atom. The number of hydrogen-bond acceptors (Lipinski definition) is 4. The molecule has 0 aromatic carbocycles. The Morgan fingerprint density at radius 2 is 1.63 bits per heavy atom. The molecule has 0 aliphatic heterocycles. The summed E-state index contributed by atoms with van der Waals surface area (Å²) in [6.45, 7) is 15.2. The molecule has 4 fully saturated rings. The molecule has 198 valence electrons. The molecule has 4 saturated carbocycles. The van der Waals surface area contributed by atoms with Gasteiger partial charge in [0, 0.05) is 5.92 Å². The average Bonchev–Trinajstić information content (AvgIpc) is 2.74. The number of fused-ring (bicyclic) bond motifs is 7. The van der Waals surface area contributed by atoms with Crippen molar-refractivity contribution in [3.8, 4) is 0 Å². The van der Waals surface area contributed by atoms with Gasteiger partial charge in [0.15, 0.2) is 0 Å². The number of aliphatic hydroxyl groups is 3. The number of hydrogen-bond donors (Lipinski definition) is 4. The van der Waals surface area contributed by atoms with Gasteiger partial charge < -0.3 is 20.4 Å². The predicted octanol–water partition coefficient (Wildman–Crippen LogP) is 5.18. The molecule has 5 aliphatic carbocycles. The summed E-state index contributed by atoms with van der Waals surface area (Å²) in [5.41, 5.74) is -1.80. The van der Waals surface area contributed by atoms with Crippen LogP contribution in [-0.2, 0) is 4.79 Å². The predicted molar refractivity (Wildman–Crippen MR) is 135 cm³/mol. The van der Waals surface area contributed by atoms with E-state index in [0.717, 1.165) is 37.7 Å². The SMILES string of the molecule is C[C@@H]1CC[C@]2(C(=O)O)CC[C@]3(C)C(=CC[C@@H]4[C@@]5(C)CC[C@H](O)C(C)(C)[C@@H]5[C@@H](O)C[C@]43C)[C@@H]2[C@]1(C)O. The zero-order valence-electron chi connectivity index (χ0n) is 22.9. The lowest BCUT2D eigenvalue weighted by Crippen LogP contribution is -2.70. The molecule has 5 nitrogen and oxygen atoms in total. The summed E-state index contributed by atoms with van der Waals surface area (Å²) in [5, 5.41) is 45.1. The Kier molecular flexibility index (Phi) is 5.40. The van der Waals surface area contributed by atoms with Crippen molar-refractivity contribution in [3.05, 3.63) is 11.6 Å². The molecule has 5 aliphatic rings. The number of allylic oxidation sites excluding steroid dienone is 1. The van der Waals surface area contributed by atoms with E-state index in [0.29, 0.717) is 25.2 Å². The van der Waals surface area contributed by atoms with Crippen LogP contribution >= 0.6 is 0 Å². The third-order valence-corrected chi connectivity index (χ3v) is 13.3. The second-order valence-electron chi connectivity index (χ2n) is 14.9. The van der Waals surface area contributed by atoms with Crippen molar-refractivity contribution in [1.82, 2.24) is 0 Å². The van der Waals surface area contributed by atoms with E-state index in [1.165, 1.54) is 0 Å². The van der Waals surface area contributed by atoms with Gasteiger partial charge >= 0.3 is 5.97 Å². The minimum absolute atomic E-state index is 0.0230. The summed E-state index contributed by atoms with van der Waals surface area (Å²) in [6, 6.07) is 0. The molecule has 0 bridgehead atoms. The summed E-state index contributed by atoms with van der Waals surface area (Å²) in [4.78, 5) is 12.8. The number of carboxylic acids is 1. The van der Waals surface area contributed by atoms with Crippen molar-refractivity contribution >= 4 is 5.97 Å². The van der Waals surface area contributed by atoms with Gasteiger partial charge in [-0.05, 0) is 97.7 Å². The summed E-state index contributed by atoms with van der Waals surface area (Å²) < 4.78 is 0. The van der Waals surface area contributed by atoms with Gasteiger partial charge in [-0.3, -0.25) is 4.79 Å². The zero-order valence-corrected chi connectivity index (χ0v) is 22.9. The molecule has 0 heterocycles. The number of aliphatic carboxylic acids is 1. The van der Waals surface area contributed by atoms with Crippen LogP contribution in [0.25, 0.3) is 0 Å². The van der Waals surface area contributed by atoms with Crippen LogP contribution in [0.4, 0.5) is 0 Å². The average molecular weight is 489 g/mol. The Balaban J connectivity index is 1.67. The van der Waals surface area contributed by atoms with Crippen molar-refractivity contribution in [2.24, 2.45) is 50.7 Å². The third-order valence-electron chi connectivity index (χ3n) is 13.3. The summed E-state index contributed by atoms with van der Waals surface area (Å²) in [5.74, 6) is -0.765. The fourth-order valence-corrected chi connectivity index (χ4v) is 11.0. The highest BCUT2D eigenvalue weighted by Gasteiger charge is 2.72. The highest BCUT2D eigenvalue weighted by Crippen LogP contribution is 2.76. The van der Waals surface area contributed by atoms with Crippen LogP contribution in [0.2, 0.25) is 0 Å². The van der Waals surface area contributed by atoms with Crippen LogP contribution < -0.4 is 0 Å². The molecule has 0 spiro atoms. The number of rotatable bonds is 1. The first-order chi connectivity index (χ1) is 16.0. The maximum atomic E-state index is 12.8. The van der Waals surface area contributed by atoms with Gasteiger partial charge in [-0.15, -0.1) is 0 Å². The number of carbonyl (C=O) groups is 1. The van der Waals surface area contributed by atoms with Crippen LogP contribution in [0, 0.1) is 50.7 Å². The highest BCUT2D eigenvalue weighted by molar-refractivity contribution is 5.77. The maximum absolute atomic E-state index is 12.8. The fraction of sp³-hybridized carbons (Fsp3) is 0.900. The van der Waals surface area contributed by atoms with E-state index in [9.17, 15) is 25.2 Å². The van der Waals surface area contributed by atoms with Crippen molar-refractivity contribution in [2.45, 2.75) is 118 Å². The lowest BCUT2D eigenvalue weighted by atomic mass is 9.32. The Morgan fingerprint density at radius 3 is 2.26 bits per heavy atom. The number of aliphatic hydroxyl groups excluding tert-OH is 2. The lowest BCUT2D eigenvalue weighted by molar-refractivity contribution is -0.247. The van der Waals surface area contributed by atoms with Crippen LogP contribution in [0.15, 0.2) is 11.6 Å². The van der Waals surface area contributed by atoms with Crippen LogP contribution in [0.1, 0.15) is 99.8 Å². The van der Waals surface area contributed by atoms with Gasteiger partial charge in [0.05, 0.1) is 23.2 Å². The van der Waals surface area contributed by atoms with Crippen molar-refractivity contribution in [3.63, 3.8) is 0 Å². The zero-order chi connectivity index (χ0) is 26.0. The molecule has 0 aromatic heterocycles. The van der Waals surface area contributed by atoms with E-state index in [1.54, 1.807) is 0 Å². The normalized spacial score (nSPS) is 57.1. The molecule has 0 radical (unpaired) electrons. The van der Waals surface area contributed by atoms with Gasteiger partial charge in [-0.2, -0.15) is 0 Å². The molecular formula is C30H48O5. The van der Waals surface area contributed by atoms with Crippen LogP contribution in [0.5, 0.6) is 0 Å². The minimum Gasteiger partial charge on any atom is -0.481 e. The third kappa shape index (κ3) is 2.90. The number of carboxylic acid groups (broad SMARTS) is 1. The van der Waals surface area contributed by atoms with E-state index >= 15 is 0 Å². The largest absolute Gasteiger partial charge is 0.481 e. The first kappa shape index (κ1) is 25.7. The maximum Gasteiger partial charge on any atom is 0.310 e. The van der Waals surface area contributed by atoms with E-state index < -0.39 is 35.1 Å². The monoisotopic (exact) mass is 488 g/mol. The van der Waals surface area contributed by atoms with Gasteiger partial charge in [0.25, 0.3) is 0 Å². The standard InChI is InChI=1S/C30H48O5/c1-17-10-13-30(24(33)34)15-14-27(5)18(22(30)29(17,7)35)8-9-20-26(4)12-11-21(32)25(2,3)23(26)19(31)16-28(20,27)6/h8,17,19-23,31-32,35H,9-16H2,1-7H3,(H,33,34)/t17-,19+,20-,21+,22-,23+,26-,27-,28-,29-,30+/m1/s1. The highest BCUT2D eigenvalue weighted by atomic mass is 16.4. The Hall–Kier alpha value is -0.910. The van der Waals surface area contributed by atoms with Crippen molar-refractivity contribution in [2.75, 3.05) is 0 Å². The minimum atomic E-state index is -1.08. The second kappa shape index (κ2) is 7.35. The topological polar surface area (TPSA) is 98.0 Å². The van der Waals surface area contributed by atoms with Gasteiger partial charge in [-0.25, -0.2) is 0 Å². The first-order valence-corrected chi connectivity index (χ1v) is 14.0. The smallest absolute Gasteiger partial charge is 0.310 e. The van der Waals surface area contributed by atoms with Crippen LogP contribution in [0.3, 0.4) is 0 Å². The summed E-state index contributed by atoms with van der Waals surface area (Å²) in [7, 11) is 0. The molecule has 4 N–H and O–H groups in total. The van der Waals surface area contributed by atoms with E-state index in [1.807, 2.05) is 6.92 Å². The van der Waals surface area contributed by atoms with E-state index in [2.05, 4.69) is 47.6 Å². The van der Waals surface area contributed by atoms with Crippen LogP contribution in [-0.4, -0.2) is 44.2 Å². The van der Waals surface area contributed by atoms with Gasteiger partial charge in [0.2, 0.25) is 0 Å². The molecule has 5 rings (SSSR count). The molecule has 0 amide bonds. The molecule has 0 unspecified atom stereocenters. The summed E-state index contributed by atoms with van der Waals surface area (Å²) >= 11 is 0. The lowest BCUT2D eigenvalue weighted by Gasteiger charge is -2.72. The molecule has 5 heteroatoms. The first-order valence-electron chi connectivity index (χ1n) is 14.0. The summed E-state index contributed by atoms with van der Waals surface area (Å²) in [6.07, 6.45) is 7.27. The van der Waals surface area contributed by atoms with E-state index in [4.69, 9.17) is 0 Å². The van der Waals surface area contributed by atoms with Crippen molar-refractivity contribution < 1.29 is 25.2 Å². The van der Waals surface area contributed by atoms with E-state index in [-0.39, 0.29) is 33.5 Å². The van der Waals surface area contributed by atoms with Crippen molar-refractivity contribution in [1.29, 1.82) is 0 Å². The molecule has 0 aromatic rings. The molecule has 11 atom stereocenters. The Labute approximate surface area is 211 Å². The second-order valence-corrected chi connectivity index (χ2v) is 14.9. The molecule has 0 saturated heterocycles.